The zero-order chi connectivity index (χ0) is 13.9. The van der Waals surface area contributed by atoms with Crippen LogP contribution in [-0.4, -0.2) is 22.5 Å². The van der Waals surface area contributed by atoms with Crippen LogP contribution in [0.15, 0.2) is 42.5 Å². The molecule has 0 amide bonds. The number of allylic oxidation sites excluding steroid dienone is 2. The van der Waals surface area contributed by atoms with Crippen molar-refractivity contribution in [2.24, 2.45) is 5.90 Å². The third kappa shape index (κ3) is 5.98. The Labute approximate surface area is 114 Å². The van der Waals surface area contributed by atoms with Gasteiger partial charge >= 0.3 is 0 Å². The molecule has 1 aromatic carbocycles. The van der Waals surface area contributed by atoms with Gasteiger partial charge in [0.25, 0.3) is 0 Å². The lowest BCUT2D eigenvalue weighted by Gasteiger charge is -2.25. The van der Waals surface area contributed by atoms with E-state index in [0.29, 0.717) is 0 Å². The van der Waals surface area contributed by atoms with Crippen LogP contribution in [0.1, 0.15) is 31.2 Å². The van der Waals surface area contributed by atoms with Gasteiger partial charge < -0.3 is 15.6 Å². The van der Waals surface area contributed by atoms with Crippen molar-refractivity contribution in [2.45, 2.75) is 44.4 Å². The fourth-order valence-electron chi connectivity index (χ4n) is 2.25. The number of rotatable bonds is 3. The van der Waals surface area contributed by atoms with Crippen molar-refractivity contribution in [1.82, 2.24) is 5.32 Å². The van der Waals surface area contributed by atoms with Crippen molar-refractivity contribution in [2.75, 3.05) is 0 Å². The molecule has 0 radical (unpaired) electrons. The summed E-state index contributed by atoms with van der Waals surface area (Å²) in [5.41, 5.74) is 1.28. The molecule has 0 aromatic heterocycles. The zero-order valence-corrected chi connectivity index (χ0v) is 11.2. The molecule has 19 heavy (non-hydrogen) atoms. The van der Waals surface area contributed by atoms with Crippen molar-refractivity contribution < 1.29 is 10.3 Å². The molecule has 5 N–H and O–H groups in total. The number of benzene rings is 1. The molecule has 0 unspecified atom stereocenters. The Balaban J connectivity index is 0.000000861. The minimum Gasteiger partial charge on any atom is -0.391 e. The lowest BCUT2D eigenvalue weighted by Crippen LogP contribution is -2.39. The smallest absolute Gasteiger partial charge is 0.0696 e. The molecule has 0 bridgehead atoms. The summed E-state index contributed by atoms with van der Waals surface area (Å²) in [5, 5.41) is 20.0. The molecule has 4 nitrogen and oxygen atoms in total. The Kier molecular flexibility index (Phi) is 8.09. The van der Waals surface area contributed by atoms with E-state index in [1.165, 1.54) is 5.56 Å². The second kappa shape index (κ2) is 9.69. The van der Waals surface area contributed by atoms with Gasteiger partial charge in [0.15, 0.2) is 0 Å². The van der Waals surface area contributed by atoms with E-state index in [0.717, 1.165) is 32.2 Å². The van der Waals surface area contributed by atoms with E-state index in [1.54, 1.807) is 0 Å². The van der Waals surface area contributed by atoms with Crippen LogP contribution in [0.3, 0.4) is 0 Å². The van der Waals surface area contributed by atoms with Crippen LogP contribution in [0.2, 0.25) is 0 Å². The lowest BCUT2D eigenvalue weighted by molar-refractivity contribution is 0.113. The highest BCUT2D eigenvalue weighted by Gasteiger charge is 2.18. The normalized spacial score (nSPS) is 22.9. The van der Waals surface area contributed by atoms with Crippen LogP contribution >= 0.6 is 0 Å². The Bertz CT molecular complexity index is 354. The van der Waals surface area contributed by atoms with Crippen molar-refractivity contribution in [3.05, 3.63) is 48.0 Å². The van der Waals surface area contributed by atoms with Crippen LogP contribution < -0.4 is 11.2 Å². The average molecular weight is 264 g/mol. The van der Waals surface area contributed by atoms with Crippen LogP contribution in [0.25, 0.3) is 0 Å². The summed E-state index contributed by atoms with van der Waals surface area (Å²) in [7, 11) is 0. The van der Waals surface area contributed by atoms with Gasteiger partial charge in [0.2, 0.25) is 0 Å². The molecule has 2 rings (SSSR count). The van der Waals surface area contributed by atoms with E-state index in [9.17, 15) is 5.11 Å². The molecule has 0 saturated carbocycles. The van der Waals surface area contributed by atoms with Gasteiger partial charge in [0, 0.05) is 12.6 Å². The minimum atomic E-state index is -0.219. The minimum absolute atomic E-state index is 0.219. The Morgan fingerprint density at radius 1 is 1.05 bits per heavy atom. The maximum Gasteiger partial charge on any atom is 0.0696 e. The topological polar surface area (TPSA) is 78.5 Å². The van der Waals surface area contributed by atoms with E-state index in [-0.39, 0.29) is 12.1 Å². The third-order valence-electron chi connectivity index (χ3n) is 3.32. The summed E-state index contributed by atoms with van der Waals surface area (Å²) < 4.78 is 0. The van der Waals surface area contributed by atoms with Gasteiger partial charge in [0.05, 0.1) is 6.10 Å². The molecule has 0 heterocycles. The molecule has 0 saturated heterocycles. The molecule has 0 fully saturated rings. The van der Waals surface area contributed by atoms with Gasteiger partial charge in [-0.25, -0.2) is 5.90 Å². The summed E-state index contributed by atoms with van der Waals surface area (Å²) in [5.74, 6) is 3.50. The van der Waals surface area contributed by atoms with Crippen molar-refractivity contribution in [1.29, 1.82) is 0 Å². The predicted molar refractivity (Wildman–Crippen MR) is 76.7 cm³/mol. The molecule has 106 valence electrons. The lowest BCUT2D eigenvalue weighted by atomic mass is 9.98. The number of aliphatic hydroxyl groups is 1. The van der Waals surface area contributed by atoms with Crippen LogP contribution in [-0.2, 0) is 6.54 Å². The molecule has 1 aliphatic rings. The molecular weight excluding hydrogens is 240 g/mol. The summed E-state index contributed by atoms with van der Waals surface area (Å²) in [6.07, 6.45) is 8.12. The molecule has 2 atom stereocenters. The van der Waals surface area contributed by atoms with Gasteiger partial charge in [-0.15, -0.1) is 0 Å². The third-order valence-corrected chi connectivity index (χ3v) is 3.32. The number of nitrogens with one attached hydrogen (secondary N) is 1. The molecule has 1 aliphatic carbocycles. The van der Waals surface area contributed by atoms with E-state index < -0.39 is 0 Å². The largest absolute Gasteiger partial charge is 0.391 e. The summed E-state index contributed by atoms with van der Waals surface area (Å²) in [6.45, 7) is 0.840. The maximum absolute atomic E-state index is 10.1. The Morgan fingerprint density at radius 2 is 1.68 bits per heavy atom. The van der Waals surface area contributed by atoms with E-state index in [4.69, 9.17) is 5.21 Å². The van der Waals surface area contributed by atoms with Gasteiger partial charge in [-0.1, -0.05) is 42.5 Å². The van der Waals surface area contributed by atoms with E-state index in [2.05, 4.69) is 35.5 Å². The first-order chi connectivity index (χ1) is 9.36. The number of hydrogen-bond donors (Lipinski definition) is 4. The average Bonchev–Trinajstić information content (AvgIpc) is 2.46. The van der Waals surface area contributed by atoms with Gasteiger partial charge in [-0.2, -0.15) is 0 Å². The van der Waals surface area contributed by atoms with Gasteiger partial charge in [0.1, 0.15) is 0 Å². The summed E-state index contributed by atoms with van der Waals surface area (Å²) >= 11 is 0. The van der Waals surface area contributed by atoms with Crippen LogP contribution in [0.5, 0.6) is 0 Å². The maximum atomic E-state index is 10.1. The fraction of sp³-hybridized carbons (Fsp3) is 0.467. The molecule has 1 aromatic rings. The molecule has 0 spiro atoms. The monoisotopic (exact) mass is 264 g/mol. The second-order valence-electron chi connectivity index (χ2n) is 4.67. The van der Waals surface area contributed by atoms with E-state index in [1.807, 2.05) is 18.2 Å². The first-order valence-corrected chi connectivity index (χ1v) is 6.72. The standard InChI is InChI=1S/C15H21NO.H3NO/c17-15-11-7-2-1-6-10-14(15)16-12-13-8-4-3-5-9-13;1-2/h1-5,8-9,14-17H,6-7,10-12H2;2H,1H2/t14-,15-;/m1./s1. The van der Waals surface area contributed by atoms with Gasteiger partial charge in [-0.05, 0) is 31.2 Å². The highest BCUT2D eigenvalue weighted by atomic mass is 16.4. The summed E-state index contributed by atoms with van der Waals surface area (Å²) in [6, 6.07) is 10.6. The Morgan fingerprint density at radius 3 is 2.37 bits per heavy atom. The Hall–Kier alpha value is -1.20. The zero-order valence-electron chi connectivity index (χ0n) is 11.2. The number of aliphatic hydroxyl groups excluding tert-OH is 1. The molecular formula is C15H24N2O2. The SMILES string of the molecule is NO.O[C@@H]1CCC=CCC[C@H]1NCc1ccccc1. The highest BCUT2D eigenvalue weighted by molar-refractivity contribution is 5.14. The highest BCUT2D eigenvalue weighted by Crippen LogP contribution is 2.14. The van der Waals surface area contributed by atoms with Crippen LogP contribution in [0.4, 0.5) is 0 Å². The fourth-order valence-corrected chi connectivity index (χ4v) is 2.25. The summed E-state index contributed by atoms with van der Waals surface area (Å²) in [4.78, 5) is 0. The second-order valence-corrected chi connectivity index (χ2v) is 4.67. The predicted octanol–water partition coefficient (Wildman–Crippen LogP) is 1.97. The van der Waals surface area contributed by atoms with Crippen molar-refractivity contribution in [3.63, 3.8) is 0 Å². The van der Waals surface area contributed by atoms with Gasteiger partial charge in [-0.3, -0.25) is 0 Å². The number of nitrogens with two attached hydrogens (primary N) is 1. The molecule has 4 heteroatoms. The first-order valence-electron chi connectivity index (χ1n) is 6.72. The van der Waals surface area contributed by atoms with Crippen molar-refractivity contribution in [3.8, 4) is 0 Å². The van der Waals surface area contributed by atoms with Crippen molar-refractivity contribution >= 4 is 0 Å². The molecule has 0 aliphatic heterocycles. The number of hydrogen-bond acceptors (Lipinski definition) is 4. The first kappa shape index (κ1) is 15.9. The van der Waals surface area contributed by atoms with E-state index >= 15 is 0 Å². The quantitative estimate of drug-likeness (QED) is 0.497. The van der Waals surface area contributed by atoms with Crippen LogP contribution in [0, 0.1) is 0 Å².